The predicted octanol–water partition coefficient (Wildman–Crippen LogP) is 0.366. The number of sulfonamides is 1. The highest BCUT2D eigenvalue weighted by atomic mass is 32.2. The van der Waals surface area contributed by atoms with Crippen LogP contribution in [-0.2, 0) is 21.3 Å². The molecular formula is C12H22N4O3S. The molecule has 0 aromatic carbocycles. The summed E-state index contributed by atoms with van der Waals surface area (Å²) in [6.45, 7) is 5.31. The molecule has 1 unspecified atom stereocenters. The quantitative estimate of drug-likeness (QED) is 0.818. The normalized spacial score (nSPS) is 21.2. The minimum absolute atomic E-state index is 0.0371. The first kappa shape index (κ1) is 15.4. The van der Waals surface area contributed by atoms with Gasteiger partial charge in [-0.2, -0.15) is 9.40 Å². The topological polar surface area (TPSA) is 101 Å². The Bertz CT molecular complexity index is 553. The van der Waals surface area contributed by atoms with Crippen LogP contribution in [0.1, 0.15) is 31.0 Å². The summed E-state index contributed by atoms with van der Waals surface area (Å²) in [5, 5.41) is 6.68. The fourth-order valence-corrected chi connectivity index (χ4v) is 4.19. The maximum atomic E-state index is 12.7. The Labute approximate surface area is 119 Å². The summed E-state index contributed by atoms with van der Waals surface area (Å²) in [6.07, 6.45) is 1.65. The van der Waals surface area contributed by atoms with E-state index in [2.05, 4.69) is 10.2 Å². The van der Waals surface area contributed by atoms with Gasteiger partial charge >= 0.3 is 0 Å². The molecule has 1 saturated heterocycles. The van der Waals surface area contributed by atoms with E-state index in [4.69, 9.17) is 10.5 Å². The highest BCUT2D eigenvalue weighted by molar-refractivity contribution is 7.89. The Morgan fingerprint density at radius 2 is 2.30 bits per heavy atom. The molecule has 0 spiro atoms. The molecule has 0 saturated carbocycles. The zero-order valence-electron chi connectivity index (χ0n) is 11.9. The van der Waals surface area contributed by atoms with Gasteiger partial charge in [-0.1, -0.05) is 0 Å². The zero-order valence-corrected chi connectivity index (χ0v) is 12.7. The highest BCUT2D eigenvalue weighted by Crippen LogP contribution is 2.24. The molecule has 3 N–H and O–H groups in total. The first-order valence-electron chi connectivity index (χ1n) is 6.86. The standard InChI is InChI=1S/C12H22N4O3S/c1-3-19-10-5-4-6-16(8-10)20(17,18)12-11(7-13)9(2)14-15-12/h10H,3-8,13H2,1-2H3,(H,14,15). The number of hydrogen-bond donors (Lipinski definition) is 2. The summed E-state index contributed by atoms with van der Waals surface area (Å²) >= 11 is 0. The van der Waals surface area contributed by atoms with Gasteiger partial charge in [-0.15, -0.1) is 0 Å². The molecule has 0 aliphatic carbocycles. The lowest BCUT2D eigenvalue weighted by molar-refractivity contribution is 0.0264. The molecule has 1 atom stereocenters. The van der Waals surface area contributed by atoms with Crippen LogP contribution in [0.2, 0.25) is 0 Å². The monoisotopic (exact) mass is 302 g/mol. The number of nitrogens with one attached hydrogen (secondary N) is 1. The average Bonchev–Trinajstić information content (AvgIpc) is 2.81. The van der Waals surface area contributed by atoms with Crippen LogP contribution in [0.5, 0.6) is 0 Å². The van der Waals surface area contributed by atoms with Gasteiger partial charge < -0.3 is 10.5 Å². The zero-order chi connectivity index (χ0) is 14.8. The van der Waals surface area contributed by atoms with Crippen molar-refractivity contribution in [2.45, 2.75) is 44.4 Å². The summed E-state index contributed by atoms with van der Waals surface area (Å²) in [4.78, 5) is 0. The fourth-order valence-electron chi connectivity index (χ4n) is 2.50. The number of nitrogens with two attached hydrogens (primary N) is 1. The lowest BCUT2D eigenvalue weighted by Crippen LogP contribution is -2.43. The molecule has 0 bridgehead atoms. The summed E-state index contributed by atoms with van der Waals surface area (Å²) in [5.74, 6) is 0. The van der Waals surface area contributed by atoms with Crippen LogP contribution in [0.25, 0.3) is 0 Å². The Balaban J connectivity index is 2.25. The first-order chi connectivity index (χ1) is 9.50. The average molecular weight is 302 g/mol. The van der Waals surface area contributed by atoms with Gasteiger partial charge in [-0.25, -0.2) is 8.42 Å². The van der Waals surface area contributed by atoms with Crippen LogP contribution in [0.3, 0.4) is 0 Å². The van der Waals surface area contributed by atoms with Gasteiger partial charge in [0.05, 0.1) is 6.10 Å². The smallest absolute Gasteiger partial charge is 0.262 e. The van der Waals surface area contributed by atoms with Crippen molar-refractivity contribution < 1.29 is 13.2 Å². The predicted molar refractivity (Wildman–Crippen MR) is 74.6 cm³/mol. The Morgan fingerprint density at radius 1 is 1.55 bits per heavy atom. The van der Waals surface area contributed by atoms with Crippen LogP contribution in [0.15, 0.2) is 5.03 Å². The fraction of sp³-hybridized carbons (Fsp3) is 0.750. The van der Waals surface area contributed by atoms with Crippen molar-refractivity contribution in [1.29, 1.82) is 0 Å². The van der Waals surface area contributed by atoms with E-state index < -0.39 is 10.0 Å². The van der Waals surface area contributed by atoms with Crippen molar-refractivity contribution >= 4 is 10.0 Å². The van der Waals surface area contributed by atoms with Crippen molar-refractivity contribution in [2.75, 3.05) is 19.7 Å². The van der Waals surface area contributed by atoms with Crippen LogP contribution >= 0.6 is 0 Å². The Morgan fingerprint density at radius 3 is 2.95 bits per heavy atom. The number of ether oxygens (including phenoxy) is 1. The Hall–Kier alpha value is -0.960. The second-order valence-corrected chi connectivity index (χ2v) is 6.77. The highest BCUT2D eigenvalue weighted by Gasteiger charge is 2.34. The molecule has 1 aliphatic rings. The molecule has 1 aromatic heterocycles. The molecular weight excluding hydrogens is 280 g/mol. The van der Waals surface area contributed by atoms with Crippen molar-refractivity contribution in [2.24, 2.45) is 5.73 Å². The second-order valence-electron chi connectivity index (χ2n) is 4.92. The maximum Gasteiger partial charge on any atom is 0.262 e. The number of piperidine rings is 1. The van der Waals surface area contributed by atoms with E-state index in [9.17, 15) is 8.42 Å². The van der Waals surface area contributed by atoms with Crippen LogP contribution in [0.4, 0.5) is 0 Å². The molecule has 0 amide bonds. The van der Waals surface area contributed by atoms with E-state index in [0.29, 0.717) is 31.0 Å². The van der Waals surface area contributed by atoms with E-state index in [1.165, 1.54) is 4.31 Å². The molecule has 7 nitrogen and oxygen atoms in total. The van der Waals surface area contributed by atoms with Crippen LogP contribution < -0.4 is 5.73 Å². The molecule has 1 aliphatic heterocycles. The SMILES string of the molecule is CCOC1CCCN(S(=O)(=O)c2n[nH]c(C)c2CN)C1. The maximum absolute atomic E-state index is 12.7. The Kier molecular flexibility index (Phi) is 4.79. The lowest BCUT2D eigenvalue weighted by atomic mass is 10.1. The molecule has 8 heteroatoms. The van der Waals surface area contributed by atoms with Gasteiger partial charge in [0.25, 0.3) is 10.0 Å². The molecule has 20 heavy (non-hydrogen) atoms. The lowest BCUT2D eigenvalue weighted by Gasteiger charge is -2.31. The van der Waals surface area contributed by atoms with Crippen LogP contribution in [0, 0.1) is 6.92 Å². The van der Waals surface area contributed by atoms with Crippen LogP contribution in [-0.4, -0.2) is 48.7 Å². The number of aromatic nitrogens is 2. The molecule has 2 heterocycles. The largest absolute Gasteiger partial charge is 0.377 e. The molecule has 0 radical (unpaired) electrons. The number of hydrogen-bond acceptors (Lipinski definition) is 5. The minimum atomic E-state index is -3.60. The van der Waals surface area contributed by atoms with Crippen molar-refractivity contribution in [3.05, 3.63) is 11.3 Å². The number of rotatable bonds is 5. The van der Waals surface area contributed by atoms with E-state index >= 15 is 0 Å². The summed E-state index contributed by atoms with van der Waals surface area (Å²) in [7, 11) is -3.60. The minimum Gasteiger partial charge on any atom is -0.377 e. The summed E-state index contributed by atoms with van der Waals surface area (Å²) in [6, 6.07) is 0. The molecule has 2 rings (SSSR count). The number of nitrogens with zero attached hydrogens (tertiary/aromatic N) is 2. The summed E-state index contributed by atoms with van der Waals surface area (Å²) in [5.41, 5.74) is 6.89. The molecule has 114 valence electrons. The van der Waals surface area contributed by atoms with Crippen molar-refractivity contribution in [3.63, 3.8) is 0 Å². The summed E-state index contributed by atoms with van der Waals surface area (Å²) < 4.78 is 32.3. The first-order valence-corrected chi connectivity index (χ1v) is 8.30. The molecule has 1 aromatic rings. The third-order valence-corrected chi connectivity index (χ3v) is 5.41. The van der Waals surface area contributed by atoms with Gasteiger partial charge in [0.15, 0.2) is 5.03 Å². The number of aryl methyl sites for hydroxylation is 1. The third-order valence-electron chi connectivity index (χ3n) is 3.57. The van der Waals surface area contributed by atoms with Crippen molar-refractivity contribution in [3.8, 4) is 0 Å². The van der Waals surface area contributed by atoms with E-state index in [1.807, 2.05) is 6.92 Å². The van der Waals surface area contributed by atoms with Gasteiger partial charge in [0, 0.05) is 37.5 Å². The third kappa shape index (κ3) is 2.88. The second kappa shape index (κ2) is 6.21. The van der Waals surface area contributed by atoms with E-state index in [-0.39, 0.29) is 17.7 Å². The number of aromatic amines is 1. The number of H-pyrrole nitrogens is 1. The molecule has 1 fully saturated rings. The van der Waals surface area contributed by atoms with Gasteiger partial charge in [-0.3, -0.25) is 5.10 Å². The van der Waals surface area contributed by atoms with Gasteiger partial charge in [0.1, 0.15) is 0 Å². The van der Waals surface area contributed by atoms with E-state index in [1.54, 1.807) is 6.92 Å². The van der Waals surface area contributed by atoms with Gasteiger partial charge in [0.2, 0.25) is 0 Å². The van der Waals surface area contributed by atoms with E-state index in [0.717, 1.165) is 12.8 Å². The van der Waals surface area contributed by atoms with Crippen molar-refractivity contribution in [1.82, 2.24) is 14.5 Å². The van der Waals surface area contributed by atoms with Gasteiger partial charge in [-0.05, 0) is 26.7 Å².